The Morgan fingerprint density at radius 1 is 1.25 bits per heavy atom. The van der Waals surface area contributed by atoms with Crippen LogP contribution in [0.3, 0.4) is 0 Å². The van der Waals surface area contributed by atoms with Crippen LogP contribution in [-0.4, -0.2) is 31.1 Å². The minimum Gasteiger partial charge on any atom is -0.313 e. The number of likely N-dealkylation sites (tertiary alicyclic amines) is 1. The van der Waals surface area contributed by atoms with Gasteiger partial charge in [0.2, 0.25) is 0 Å². The van der Waals surface area contributed by atoms with E-state index in [2.05, 4.69) is 36.2 Å². The van der Waals surface area contributed by atoms with Crippen LogP contribution >= 0.6 is 11.6 Å². The number of benzene rings is 1. The van der Waals surface area contributed by atoms with Crippen molar-refractivity contribution < 1.29 is 0 Å². The predicted molar refractivity (Wildman–Crippen MR) is 87.3 cm³/mol. The Bertz CT molecular complexity index is 404. The second kappa shape index (κ2) is 7.44. The maximum absolute atomic E-state index is 5.96. The third kappa shape index (κ3) is 4.21. The van der Waals surface area contributed by atoms with E-state index in [-0.39, 0.29) is 0 Å². The molecule has 3 unspecified atom stereocenters. The largest absolute Gasteiger partial charge is 0.313 e. The molecule has 1 saturated heterocycles. The van der Waals surface area contributed by atoms with Crippen molar-refractivity contribution in [3.8, 4) is 0 Å². The maximum atomic E-state index is 5.96. The van der Waals surface area contributed by atoms with Crippen LogP contribution in [-0.2, 0) is 0 Å². The van der Waals surface area contributed by atoms with Crippen LogP contribution in [0.1, 0.15) is 44.7 Å². The van der Waals surface area contributed by atoms with Gasteiger partial charge in [-0.2, -0.15) is 0 Å². The van der Waals surface area contributed by atoms with Crippen molar-refractivity contribution in [3.63, 3.8) is 0 Å². The van der Waals surface area contributed by atoms with Crippen LogP contribution in [0.25, 0.3) is 0 Å². The lowest BCUT2D eigenvalue weighted by atomic mass is 9.94. The zero-order chi connectivity index (χ0) is 14.5. The number of hydrogen-bond donors (Lipinski definition) is 1. The third-order valence-corrected chi connectivity index (χ3v) is 4.82. The molecule has 0 bridgehead atoms. The highest BCUT2D eigenvalue weighted by molar-refractivity contribution is 6.30. The fourth-order valence-corrected chi connectivity index (χ4v) is 3.29. The van der Waals surface area contributed by atoms with Crippen LogP contribution in [0, 0.1) is 5.92 Å². The Kier molecular flexibility index (Phi) is 5.88. The molecule has 0 spiro atoms. The van der Waals surface area contributed by atoms with Gasteiger partial charge in [-0.15, -0.1) is 0 Å². The van der Waals surface area contributed by atoms with E-state index in [1.165, 1.54) is 31.5 Å². The molecule has 112 valence electrons. The predicted octanol–water partition coefficient (Wildman–Crippen LogP) is 4.11. The van der Waals surface area contributed by atoms with E-state index >= 15 is 0 Å². The summed E-state index contributed by atoms with van der Waals surface area (Å²) in [7, 11) is 2.04. The lowest BCUT2D eigenvalue weighted by molar-refractivity contribution is 0.119. The minimum absolute atomic E-state index is 0.414. The van der Waals surface area contributed by atoms with Crippen molar-refractivity contribution in [2.24, 2.45) is 5.92 Å². The third-order valence-electron chi connectivity index (χ3n) is 4.57. The van der Waals surface area contributed by atoms with Crippen LogP contribution in [0.4, 0.5) is 0 Å². The van der Waals surface area contributed by atoms with Crippen molar-refractivity contribution in [1.29, 1.82) is 0 Å². The molecular formula is C17H27ClN2. The molecule has 1 heterocycles. The van der Waals surface area contributed by atoms with Gasteiger partial charge in [0, 0.05) is 30.2 Å². The van der Waals surface area contributed by atoms with Crippen molar-refractivity contribution in [3.05, 3.63) is 34.9 Å². The summed E-state index contributed by atoms with van der Waals surface area (Å²) in [6.07, 6.45) is 3.87. The van der Waals surface area contributed by atoms with Crippen molar-refractivity contribution in [2.75, 3.05) is 20.1 Å². The zero-order valence-corrected chi connectivity index (χ0v) is 13.7. The molecule has 3 atom stereocenters. The molecule has 0 saturated carbocycles. The number of hydrogen-bond acceptors (Lipinski definition) is 2. The van der Waals surface area contributed by atoms with E-state index in [0.717, 1.165) is 23.4 Å². The minimum atomic E-state index is 0.414. The average molecular weight is 295 g/mol. The SMILES string of the molecule is CNC(CCN1CC(C)CCC1C)c1ccc(Cl)cc1. The topological polar surface area (TPSA) is 15.3 Å². The summed E-state index contributed by atoms with van der Waals surface area (Å²) >= 11 is 5.96. The number of rotatable bonds is 5. The molecule has 0 amide bonds. The highest BCUT2D eigenvalue weighted by atomic mass is 35.5. The zero-order valence-electron chi connectivity index (χ0n) is 12.9. The maximum Gasteiger partial charge on any atom is 0.0406 e. The highest BCUT2D eigenvalue weighted by Crippen LogP contribution is 2.24. The molecule has 1 aliphatic rings. The second-order valence-electron chi connectivity index (χ2n) is 6.21. The van der Waals surface area contributed by atoms with Gasteiger partial charge in [0.25, 0.3) is 0 Å². The van der Waals surface area contributed by atoms with Crippen LogP contribution in [0.5, 0.6) is 0 Å². The highest BCUT2D eigenvalue weighted by Gasteiger charge is 2.23. The molecule has 1 fully saturated rings. The molecule has 2 rings (SSSR count). The average Bonchev–Trinajstić information content (AvgIpc) is 2.45. The van der Waals surface area contributed by atoms with Gasteiger partial charge in [-0.1, -0.05) is 30.7 Å². The molecule has 0 aliphatic carbocycles. The smallest absolute Gasteiger partial charge is 0.0406 e. The van der Waals surface area contributed by atoms with Crippen LogP contribution in [0.2, 0.25) is 5.02 Å². The van der Waals surface area contributed by atoms with Gasteiger partial charge in [-0.25, -0.2) is 0 Å². The van der Waals surface area contributed by atoms with E-state index in [1.54, 1.807) is 0 Å². The molecule has 0 aromatic heterocycles. The normalized spacial score (nSPS) is 25.6. The summed E-state index contributed by atoms with van der Waals surface area (Å²) in [6.45, 7) is 7.15. The fourth-order valence-electron chi connectivity index (χ4n) is 3.16. The summed E-state index contributed by atoms with van der Waals surface area (Å²) in [5.74, 6) is 0.842. The van der Waals surface area contributed by atoms with Crippen molar-refractivity contribution >= 4 is 11.6 Å². The Balaban J connectivity index is 1.91. The first-order valence-electron chi connectivity index (χ1n) is 7.77. The Labute approximate surface area is 128 Å². The molecule has 3 heteroatoms. The quantitative estimate of drug-likeness (QED) is 0.879. The Morgan fingerprint density at radius 2 is 1.95 bits per heavy atom. The summed E-state index contributed by atoms with van der Waals surface area (Å²) in [6, 6.07) is 9.36. The first-order chi connectivity index (χ1) is 9.60. The molecule has 1 aromatic rings. The van der Waals surface area contributed by atoms with E-state index in [9.17, 15) is 0 Å². The lowest BCUT2D eigenvalue weighted by Crippen LogP contribution is -2.42. The second-order valence-corrected chi connectivity index (χ2v) is 6.64. The fraction of sp³-hybridized carbons (Fsp3) is 0.647. The number of piperidine rings is 1. The molecule has 1 aromatic carbocycles. The molecule has 2 nitrogen and oxygen atoms in total. The van der Waals surface area contributed by atoms with Gasteiger partial charge in [0.05, 0.1) is 0 Å². The van der Waals surface area contributed by atoms with E-state index in [4.69, 9.17) is 11.6 Å². The van der Waals surface area contributed by atoms with Gasteiger partial charge >= 0.3 is 0 Å². The summed E-state index contributed by atoms with van der Waals surface area (Å²) in [4.78, 5) is 2.65. The molecule has 20 heavy (non-hydrogen) atoms. The number of nitrogens with zero attached hydrogens (tertiary/aromatic N) is 1. The molecular weight excluding hydrogens is 268 g/mol. The first kappa shape index (κ1) is 15.8. The van der Waals surface area contributed by atoms with Crippen LogP contribution in [0.15, 0.2) is 24.3 Å². The summed E-state index contributed by atoms with van der Waals surface area (Å²) < 4.78 is 0. The van der Waals surface area contributed by atoms with Crippen molar-refractivity contribution in [2.45, 2.75) is 45.2 Å². The Morgan fingerprint density at radius 3 is 2.60 bits per heavy atom. The van der Waals surface area contributed by atoms with E-state index in [1.807, 2.05) is 19.2 Å². The van der Waals surface area contributed by atoms with E-state index < -0.39 is 0 Å². The number of nitrogens with one attached hydrogen (secondary N) is 1. The first-order valence-corrected chi connectivity index (χ1v) is 8.14. The number of halogens is 1. The molecule has 1 aliphatic heterocycles. The summed E-state index contributed by atoms with van der Waals surface area (Å²) in [5.41, 5.74) is 1.33. The van der Waals surface area contributed by atoms with Crippen LogP contribution < -0.4 is 5.32 Å². The van der Waals surface area contributed by atoms with Gasteiger partial charge in [0.15, 0.2) is 0 Å². The van der Waals surface area contributed by atoms with Gasteiger partial charge < -0.3 is 10.2 Å². The standard InChI is InChI=1S/C17H27ClN2/c1-13-4-5-14(2)20(12-13)11-10-17(19-3)15-6-8-16(18)9-7-15/h6-9,13-14,17,19H,4-5,10-12H2,1-3H3. The van der Waals surface area contributed by atoms with E-state index in [0.29, 0.717) is 6.04 Å². The molecule has 1 N–H and O–H groups in total. The summed E-state index contributed by atoms with van der Waals surface area (Å²) in [5, 5.41) is 4.24. The van der Waals surface area contributed by atoms with Crippen molar-refractivity contribution in [1.82, 2.24) is 10.2 Å². The van der Waals surface area contributed by atoms with Gasteiger partial charge in [-0.05, 0) is 56.8 Å². The monoisotopic (exact) mass is 294 g/mol. The van der Waals surface area contributed by atoms with Gasteiger partial charge in [-0.3, -0.25) is 0 Å². The van der Waals surface area contributed by atoms with Gasteiger partial charge in [0.1, 0.15) is 0 Å². The lowest BCUT2D eigenvalue weighted by Gasteiger charge is -2.37. The molecule has 0 radical (unpaired) electrons. The Hall–Kier alpha value is -0.570.